The Morgan fingerprint density at radius 2 is 1.84 bits per heavy atom. The molecule has 0 aliphatic carbocycles. The normalized spacial score (nSPS) is 17.5. The molecule has 3 aliphatic heterocycles. The number of benzene rings is 2. The number of hydrogen-bond donors (Lipinski definition) is 4. The van der Waals surface area contributed by atoms with E-state index in [4.69, 9.17) is 5.41 Å². The van der Waals surface area contributed by atoms with Crippen LogP contribution < -0.4 is 25.7 Å². The summed E-state index contributed by atoms with van der Waals surface area (Å²) in [5, 5.41) is 21.6. The van der Waals surface area contributed by atoms with Gasteiger partial charge in [-0.25, -0.2) is 20.0 Å². The number of nitrogens with one attached hydrogen (secondary N) is 3. The largest absolute Gasteiger partial charge is 0.493 e. The van der Waals surface area contributed by atoms with Crippen molar-refractivity contribution in [2.24, 2.45) is 9.98 Å². The molecule has 12 nitrogen and oxygen atoms in total. The van der Waals surface area contributed by atoms with Gasteiger partial charge < -0.3 is 10.0 Å². The summed E-state index contributed by atoms with van der Waals surface area (Å²) in [4.78, 5) is 56.0. The number of nitrogens with zero attached hydrogens (tertiary/aromatic N) is 5. The van der Waals surface area contributed by atoms with Gasteiger partial charge in [-0.05, 0) is 78.2 Å². The number of rotatable bonds is 3. The molecule has 0 atom stereocenters. The molecule has 0 radical (unpaired) electrons. The minimum absolute atomic E-state index is 0.145. The van der Waals surface area contributed by atoms with Gasteiger partial charge >= 0.3 is 4.87 Å². The van der Waals surface area contributed by atoms with Crippen LogP contribution in [0, 0.1) is 5.41 Å². The number of carbonyl (C=O) groups is 2. The first kappa shape index (κ1) is 28.2. The number of thiazole rings is 1. The Balaban J connectivity index is 0.000000157. The van der Waals surface area contributed by atoms with Crippen LogP contribution in [0.15, 0.2) is 62.4 Å². The van der Waals surface area contributed by atoms with Crippen molar-refractivity contribution in [1.29, 1.82) is 5.41 Å². The van der Waals surface area contributed by atoms with Crippen molar-refractivity contribution in [3.05, 3.63) is 83.9 Å². The first-order valence-corrected chi connectivity index (χ1v) is 14.9. The van der Waals surface area contributed by atoms with Crippen molar-refractivity contribution in [1.82, 2.24) is 20.3 Å². The van der Waals surface area contributed by atoms with Crippen LogP contribution in [0.1, 0.15) is 35.3 Å². The van der Waals surface area contributed by atoms with E-state index in [0.717, 1.165) is 63.7 Å². The molecule has 0 spiro atoms. The lowest BCUT2D eigenvalue weighted by Gasteiger charge is -2.28. The number of aromatic nitrogens is 3. The Morgan fingerprint density at radius 1 is 1.00 bits per heavy atom. The van der Waals surface area contributed by atoms with Gasteiger partial charge in [0.05, 0.1) is 20.7 Å². The number of carbonyl (C=O) groups excluding carboxylic acids is 2. The fourth-order valence-electron chi connectivity index (χ4n) is 4.83. The molecule has 4 aromatic rings. The van der Waals surface area contributed by atoms with Crippen LogP contribution in [0.25, 0.3) is 23.1 Å². The maximum absolute atomic E-state index is 11.7. The molecule has 7 rings (SSSR count). The van der Waals surface area contributed by atoms with E-state index in [0.29, 0.717) is 20.7 Å². The Bertz CT molecular complexity index is 2030. The van der Waals surface area contributed by atoms with Crippen LogP contribution >= 0.6 is 23.1 Å². The number of aromatic hydroxyl groups is 1. The Kier molecular flexibility index (Phi) is 7.94. The van der Waals surface area contributed by atoms with Crippen LogP contribution in [-0.4, -0.2) is 56.5 Å². The number of aliphatic imine (C=N–C) groups is 1. The Labute approximate surface area is 252 Å². The van der Waals surface area contributed by atoms with Crippen molar-refractivity contribution in [3.8, 4) is 5.88 Å². The zero-order valence-corrected chi connectivity index (χ0v) is 24.2. The number of amides is 2. The molecule has 2 saturated heterocycles. The van der Waals surface area contributed by atoms with Gasteiger partial charge in [-0.2, -0.15) is 0 Å². The number of H-pyrrole nitrogens is 1. The maximum atomic E-state index is 11.7. The minimum Gasteiger partial charge on any atom is -0.493 e. The highest BCUT2D eigenvalue weighted by molar-refractivity contribution is 8.18. The van der Waals surface area contributed by atoms with Gasteiger partial charge in [-0.15, -0.1) is 0 Å². The fourth-order valence-corrected chi connectivity index (χ4v) is 6.20. The van der Waals surface area contributed by atoms with Gasteiger partial charge in [0.2, 0.25) is 5.88 Å². The second kappa shape index (κ2) is 12.1. The Morgan fingerprint density at radius 3 is 2.58 bits per heavy atom. The molecular formula is C29H24N8O4S2. The van der Waals surface area contributed by atoms with Gasteiger partial charge in [0, 0.05) is 24.0 Å². The molecule has 2 amide bonds. The summed E-state index contributed by atoms with van der Waals surface area (Å²) in [6, 6.07) is 11.1. The molecule has 216 valence electrons. The van der Waals surface area contributed by atoms with E-state index in [2.05, 4.69) is 35.2 Å². The first-order chi connectivity index (χ1) is 20.8. The number of amidine groups is 1. The lowest BCUT2D eigenvalue weighted by atomic mass is 10.1. The van der Waals surface area contributed by atoms with E-state index in [1.165, 1.54) is 25.6 Å². The quantitative estimate of drug-likeness (QED) is 0.255. The van der Waals surface area contributed by atoms with E-state index >= 15 is 0 Å². The molecule has 0 saturated carbocycles. The number of hydrogen-bond acceptors (Lipinski definition) is 11. The van der Waals surface area contributed by atoms with Gasteiger partial charge in [0.1, 0.15) is 18.5 Å². The molecule has 14 heteroatoms. The molecule has 2 aromatic heterocycles. The van der Waals surface area contributed by atoms with Crippen molar-refractivity contribution < 1.29 is 14.7 Å². The number of piperidine rings is 1. The highest BCUT2D eigenvalue weighted by Crippen LogP contribution is 2.29. The van der Waals surface area contributed by atoms with Gasteiger partial charge in [0.15, 0.2) is 5.84 Å². The second-order valence-electron chi connectivity index (χ2n) is 9.74. The summed E-state index contributed by atoms with van der Waals surface area (Å²) in [6.07, 6.45) is 9.96. The summed E-state index contributed by atoms with van der Waals surface area (Å²) in [5.74, 6) is 0.599. The number of imide groups is 1. The lowest BCUT2D eigenvalue weighted by molar-refractivity contribution is -0.115. The number of thioether (sulfide) groups is 1. The first-order valence-electron chi connectivity index (χ1n) is 13.3. The third-order valence-corrected chi connectivity index (χ3v) is 8.48. The van der Waals surface area contributed by atoms with Crippen LogP contribution in [0.2, 0.25) is 0 Å². The highest BCUT2D eigenvalue weighted by Gasteiger charge is 2.25. The average Bonchev–Trinajstić information content (AvgIpc) is 3.50. The molecule has 2 aromatic carbocycles. The number of anilines is 1. The number of fused-ring (bicyclic) bond motifs is 2. The predicted molar refractivity (Wildman–Crippen MR) is 167 cm³/mol. The lowest BCUT2D eigenvalue weighted by Crippen LogP contribution is -2.30. The van der Waals surface area contributed by atoms with E-state index in [1.807, 2.05) is 18.2 Å². The topological polar surface area (TPSA) is 177 Å². The summed E-state index contributed by atoms with van der Waals surface area (Å²) in [7, 11) is 0. The SMILES string of the molecule is N=C1N=CN=c2ccc(=Cc3sc(=O)[nH]c3O)cc21.O=C1NC(=O)C(=Cc2ccc3ncnc(N4CCCCC4)c3c2)S1. The summed E-state index contributed by atoms with van der Waals surface area (Å²) >= 11 is 1.85. The van der Waals surface area contributed by atoms with Crippen molar-refractivity contribution >= 4 is 75.3 Å². The zero-order chi connectivity index (χ0) is 29.9. The monoisotopic (exact) mass is 612 g/mol. The molecule has 43 heavy (non-hydrogen) atoms. The fraction of sp³-hybridized carbons (Fsp3) is 0.172. The van der Waals surface area contributed by atoms with Gasteiger partial charge in [0.25, 0.3) is 11.1 Å². The van der Waals surface area contributed by atoms with Crippen molar-refractivity contribution in [2.75, 3.05) is 18.0 Å². The van der Waals surface area contributed by atoms with E-state index in [9.17, 15) is 19.5 Å². The van der Waals surface area contributed by atoms with E-state index in [1.54, 1.807) is 36.7 Å². The third-order valence-electron chi connectivity index (χ3n) is 6.85. The molecule has 0 unspecified atom stereocenters. The minimum atomic E-state index is -0.342. The molecule has 2 fully saturated rings. The maximum Gasteiger partial charge on any atom is 0.307 e. The molecule has 3 aliphatic rings. The molecule has 0 bridgehead atoms. The predicted octanol–water partition coefficient (Wildman–Crippen LogP) is 2.90. The van der Waals surface area contributed by atoms with Crippen LogP contribution in [0.5, 0.6) is 5.88 Å². The van der Waals surface area contributed by atoms with Crippen molar-refractivity contribution in [3.63, 3.8) is 0 Å². The number of aromatic amines is 1. The van der Waals surface area contributed by atoms with Crippen molar-refractivity contribution in [2.45, 2.75) is 19.3 Å². The van der Waals surface area contributed by atoms with Crippen LogP contribution in [0.3, 0.4) is 0 Å². The van der Waals surface area contributed by atoms with E-state index in [-0.39, 0.29) is 27.7 Å². The smallest absolute Gasteiger partial charge is 0.307 e. The molecule has 5 heterocycles. The second-order valence-corrected chi connectivity index (χ2v) is 11.8. The standard InChI is InChI=1S/C17H16N4O2S.C12H8N4O2S/c22-16-14(24-17(23)20-16)9-11-4-5-13-12(8-11)15(19-10-18-13)21-6-2-1-3-7-21;13-10-7-3-6(1-2-8(7)14-5-15-10)4-9-11(17)16-12(18)19-9/h4-5,8-10H,1-3,6-7H2,(H,20,22,23);1-5,13,17H,(H,16,18). The van der Waals surface area contributed by atoms with Crippen LogP contribution in [-0.2, 0) is 4.79 Å². The summed E-state index contributed by atoms with van der Waals surface area (Å²) in [6.45, 7) is 2.01. The third kappa shape index (κ3) is 6.29. The molecular weight excluding hydrogens is 589 g/mol. The average molecular weight is 613 g/mol. The van der Waals surface area contributed by atoms with E-state index < -0.39 is 0 Å². The zero-order valence-electron chi connectivity index (χ0n) is 22.5. The summed E-state index contributed by atoms with van der Waals surface area (Å²) in [5.41, 5.74) is 2.37. The van der Waals surface area contributed by atoms with Gasteiger partial charge in [-0.3, -0.25) is 30.1 Å². The molecule has 4 N–H and O–H groups in total. The van der Waals surface area contributed by atoms with Gasteiger partial charge in [-0.1, -0.05) is 23.5 Å². The van der Waals surface area contributed by atoms with Crippen LogP contribution in [0.4, 0.5) is 10.6 Å². The Hall–Kier alpha value is -4.95. The summed E-state index contributed by atoms with van der Waals surface area (Å²) < 4.78 is 0. The highest BCUT2D eigenvalue weighted by atomic mass is 32.2.